The van der Waals surface area contributed by atoms with E-state index in [1.54, 1.807) is 18.2 Å². The smallest absolute Gasteiger partial charge is 0.244 e. The van der Waals surface area contributed by atoms with Crippen molar-refractivity contribution in [2.24, 2.45) is 0 Å². The van der Waals surface area contributed by atoms with E-state index in [4.69, 9.17) is 0 Å². The number of sulfonamides is 1. The van der Waals surface area contributed by atoms with Gasteiger partial charge in [-0.05, 0) is 31.0 Å². The lowest BCUT2D eigenvalue weighted by molar-refractivity contribution is -0.120. The fraction of sp³-hybridized carbons (Fsp3) is 0.438. The van der Waals surface area contributed by atoms with Crippen LogP contribution in [0, 0.1) is 0 Å². The van der Waals surface area contributed by atoms with Gasteiger partial charge in [0.2, 0.25) is 21.8 Å². The molecule has 26 heavy (non-hydrogen) atoms. The van der Waals surface area contributed by atoms with Gasteiger partial charge in [-0.3, -0.25) is 9.59 Å². The Hall–Kier alpha value is -2.04. The minimum atomic E-state index is -3.44. The van der Waals surface area contributed by atoms with Crippen molar-refractivity contribution >= 4 is 54.2 Å². The number of aromatic nitrogens is 1. The highest BCUT2D eigenvalue weighted by Crippen LogP contribution is 2.29. The molecule has 10 heteroatoms. The summed E-state index contributed by atoms with van der Waals surface area (Å²) in [5.41, 5.74) is 1.35. The molecule has 8 nitrogen and oxygen atoms in total. The second-order valence-corrected chi connectivity index (χ2v) is 9.22. The van der Waals surface area contributed by atoms with E-state index >= 15 is 0 Å². The molecule has 1 saturated heterocycles. The third-order valence-electron chi connectivity index (χ3n) is 4.12. The average Bonchev–Trinajstić information content (AvgIpc) is 2.95. The first-order valence-corrected chi connectivity index (χ1v) is 10.9. The van der Waals surface area contributed by atoms with Gasteiger partial charge in [0.1, 0.15) is 6.04 Å². The molecule has 2 aromatic rings. The highest BCUT2D eigenvalue weighted by Gasteiger charge is 2.34. The molecule has 0 spiro atoms. The van der Waals surface area contributed by atoms with E-state index in [-0.39, 0.29) is 11.8 Å². The summed E-state index contributed by atoms with van der Waals surface area (Å²) in [5.74, 6) is -0.531. The topological polar surface area (TPSA) is 108 Å². The van der Waals surface area contributed by atoms with Crippen LogP contribution in [0.15, 0.2) is 18.2 Å². The van der Waals surface area contributed by atoms with Crippen LogP contribution < -0.4 is 10.6 Å². The molecule has 1 aromatic carbocycles. The predicted molar refractivity (Wildman–Crippen MR) is 102 cm³/mol. The number of carbonyl (C=O) groups is 2. The van der Waals surface area contributed by atoms with Crippen molar-refractivity contribution in [3.05, 3.63) is 18.2 Å². The summed E-state index contributed by atoms with van der Waals surface area (Å²) in [6.45, 7) is 1.79. The molecule has 140 valence electrons. The van der Waals surface area contributed by atoms with E-state index in [1.807, 2.05) is 0 Å². The number of hydrogen-bond acceptors (Lipinski definition) is 6. The summed E-state index contributed by atoms with van der Waals surface area (Å²) in [7, 11) is -3.44. The minimum absolute atomic E-state index is 0.166. The van der Waals surface area contributed by atoms with Gasteiger partial charge in [0, 0.05) is 19.2 Å². The lowest BCUT2D eigenvalue weighted by Gasteiger charge is -2.32. The van der Waals surface area contributed by atoms with Gasteiger partial charge in [-0.2, -0.15) is 4.31 Å². The molecule has 0 aliphatic carbocycles. The third-order valence-corrected chi connectivity index (χ3v) is 6.34. The Morgan fingerprint density at radius 1 is 1.27 bits per heavy atom. The van der Waals surface area contributed by atoms with Crippen molar-refractivity contribution < 1.29 is 18.0 Å². The molecular weight excluding hydrogens is 376 g/mol. The van der Waals surface area contributed by atoms with Gasteiger partial charge >= 0.3 is 0 Å². The summed E-state index contributed by atoms with van der Waals surface area (Å²) in [6, 6.07) is 4.58. The van der Waals surface area contributed by atoms with Crippen molar-refractivity contribution in [3.8, 4) is 0 Å². The first-order chi connectivity index (χ1) is 12.2. The summed E-state index contributed by atoms with van der Waals surface area (Å²) in [6.07, 6.45) is 3.18. The van der Waals surface area contributed by atoms with Gasteiger partial charge in [0.15, 0.2) is 5.13 Å². The predicted octanol–water partition coefficient (Wildman–Crippen LogP) is 2.01. The third kappa shape index (κ3) is 4.19. The van der Waals surface area contributed by atoms with Crippen LogP contribution in [0.5, 0.6) is 0 Å². The minimum Gasteiger partial charge on any atom is -0.326 e. The molecule has 1 fully saturated rings. The lowest BCUT2D eigenvalue weighted by Crippen LogP contribution is -2.49. The van der Waals surface area contributed by atoms with Gasteiger partial charge in [0.05, 0.1) is 16.5 Å². The van der Waals surface area contributed by atoms with Crippen LogP contribution in [0.1, 0.15) is 26.2 Å². The summed E-state index contributed by atoms with van der Waals surface area (Å²) in [5, 5.41) is 5.85. The Morgan fingerprint density at radius 3 is 2.73 bits per heavy atom. The number of nitrogens with zero attached hydrogens (tertiary/aromatic N) is 2. The highest BCUT2D eigenvalue weighted by molar-refractivity contribution is 7.88. The molecule has 0 radical (unpaired) electrons. The molecule has 2 N–H and O–H groups in total. The number of nitrogens with one attached hydrogen (secondary N) is 2. The number of benzene rings is 1. The molecule has 1 atom stereocenters. The van der Waals surface area contributed by atoms with Crippen LogP contribution >= 0.6 is 11.3 Å². The zero-order valence-corrected chi connectivity index (χ0v) is 16.1. The van der Waals surface area contributed by atoms with E-state index in [0.29, 0.717) is 29.3 Å². The molecule has 1 aliphatic heterocycles. The van der Waals surface area contributed by atoms with Crippen LogP contribution in [-0.4, -0.2) is 48.4 Å². The zero-order chi connectivity index (χ0) is 18.9. The van der Waals surface area contributed by atoms with Crippen LogP contribution in [0.3, 0.4) is 0 Å². The highest BCUT2D eigenvalue weighted by atomic mass is 32.2. The monoisotopic (exact) mass is 396 g/mol. The van der Waals surface area contributed by atoms with E-state index in [1.165, 1.54) is 22.6 Å². The van der Waals surface area contributed by atoms with Crippen molar-refractivity contribution in [1.82, 2.24) is 9.29 Å². The number of hydrogen-bond donors (Lipinski definition) is 2. The normalized spacial score (nSPS) is 18.6. The SMILES string of the molecule is CC(=O)Nc1ccc2nc(NC(=O)C3CCCCN3S(C)(=O)=O)sc2c1. The molecule has 2 amide bonds. The van der Waals surface area contributed by atoms with E-state index < -0.39 is 16.1 Å². The number of anilines is 2. The van der Waals surface area contributed by atoms with Crippen molar-refractivity contribution in [1.29, 1.82) is 0 Å². The second-order valence-electron chi connectivity index (χ2n) is 6.26. The maximum absolute atomic E-state index is 12.6. The van der Waals surface area contributed by atoms with E-state index in [0.717, 1.165) is 23.8 Å². The molecule has 1 unspecified atom stereocenters. The molecule has 3 rings (SSSR count). The fourth-order valence-electron chi connectivity index (χ4n) is 3.01. The largest absolute Gasteiger partial charge is 0.326 e. The number of thiazole rings is 1. The van der Waals surface area contributed by atoms with Crippen molar-refractivity contribution in [2.45, 2.75) is 32.2 Å². The first kappa shape index (κ1) is 18.7. The van der Waals surface area contributed by atoms with Gasteiger partial charge in [-0.25, -0.2) is 13.4 Å². The molecule has 1 aliphatic rings. The Bertz CT molecular complexity index is 954. The van der Waals surface area contributed by atoms with Gasteiger partial charge in [-0.15, -0.1) is 0 Å². The Morgan fingerprint density at radius 2 is 2.04 bits per heavy atom. The summed E-state index contributed by atoms with van der Waals surface area (Å²) >= 11 is 1.28. The van der Waals surface area contributed by atoms with Crippen molar-refractivity contribution in [2.75, 3.05) is 23.4 Å². The van der Waals surface area contributed by atoms with E-state index in [9.17, 15) is 18.0 Å². The first-order valence-electron chi connectivity index (χ1n) is 8.20. The maximum Gasteiger partial charge on any atom is 0.244 e. The molecule has 0 saturated carbocycles. The molecule has 2 heterocycles. The zero-order valence-electron chi connectivity index (χ0n) is 14.5. The number of fused-ring (bicyclic) bond motifs is 1. The number of amides is 2. The van der Waals surface area contributed by atoms with Gasteiger partial charge in [-0.1, -0.05) is 17.8 Å². The maximum atomic E-state index is 12.6. The molecular formula is C16H20N4O4S2. The van der Waals surface area contributed by atoms with Crippen LogP contribution in [0.2, 0.25) is 0 Å². The van der Waals surface area contributed by atoms with Crippen LogP contribution in [0.25, 0.3) is 10.2 Å². The van der Waals surface area contributed by atoms with Gasteiger partial charge < -0.3 is 10.6 Å². The average molecular weight is 396 g/mol. The fourth-order valence-corrected chi connectivity index (χ4v) is 5.04. The van der Waals surface area contributed by atoms with Crippen molar-refractivity contribution in [3.63, 3.8) is 0 Å². The standard InChI is InChI=1S/C16H20N4O4S2/c1-10(21)17-11-6-7-12-14(9-11)25-16(18-12)19-15(22)13-5-3-4-8-20(13)26(2,23)24/h6-7,9,13H,3-5,8H2,1-2H3,(H,17,21)(H,18,19,22). The molecule has 1 aromatic heterocycles. The Kier molecular flexibility index (Phi) is 5.26. The second kappa shape index (κ2) is 7.29. The van der Waals surface area contributed by atoms with Gasteiger partial charge in [0.25, 0.3) is 0 Å². The molecule has 0 bridgehead atoms. The van der Waals surface area contributed by atoms with Crippen LogP contribution in [-0.2, 0) is 19.6 Å². The summed E-state index contributed by atoms with van der Waals surface area (Å²) < 4.78 is 25.9. The number of piperidine rings is 1. The number of rotatable bonds is 4. The lowest BCUT2D eigenvalue weighted by atomic mass is 10.0. The summed E-state index contributed by atoms with van der Waals surface area (Å²) in [4.78, 5) is 28.1. The quantitative estimate of drug-likeness (QED) is 0.822. The number of carbonyl (C=O) groups excluding carboxylic acids is 2. The van der Waals surface area contributed by atoms with E-state index in [2.05, 4.69) is 15.6 Å². The Labute approximate surface area is 155 Å². The Balaban J connectivity index is 1.79. The van der Waals surface area contributed by atoms with Crippen LogP contribution in [0.4, 0.5) is 10.8 Å².